The lowest BCUT2D eigenvalue weighted by Crippen LogP contribution is -2.43. The first-order valence-electron chi connectivity index (χ1n) is 5.78. The minimum absolute atomic E-state index is 0.00724. The van der Waals surface area contributed by atoms with Crippen molar-refractivity contribution in [2.45, 2.75) is 0 Å². The third-order valence-electron chi connectivity index (χ3n) is 2.75. The number of nitrogens with one attached hydrogen (secondary N) is 1. The van der Waals surface area contributed by atoms with Crippen molar-refractivity contribution in [1.29, 1.82) is 0 Å². The number of hydrogen-bond donors (Lipinski definition) is 2. The van der Waals surface area contributed by atoms with E-state index in [1.807, 2.05) is 0 Å². The number of hydrogen-bond acceptors (Lipinski definition) is 4. The summed E-state index contributed by atoms with van der Waals surface area (Å²) in [6, 6.07) is 4.25. The molecule has 1 aromatic carbocycles. The summed E-state index contributed by atoms with van der Waals surface area (Å²) in [6.07, 6.45) is 0. The van der Waals surface area contributed by atoms with Crippen molar-refractivity contribution in [2.24, 2.45) is 0 Å². The van der Waals surface area contributed by atoms with Gasteiger partial charge in [0.05, 0.1) is 24.5 Å². The number of nitrogens with zero attached hydrogens (tertiary/aromatic N) is 1. The molecule has 1 heterocycles. The van der Waals surface area contributed by atoms with Crippen molar-refractivity contribution < 1.29 is 23.1 Å². The molecule has 1 fully saturated rings. The molecule has 110 valence electrons. The fourth-order valence-corrected chi connectivity index (χ4v) is 3.35. The number of aromatic carboxylic acids is 1. The van der Waals surface area contributed by atoms with Gasteiger partial charge in [0.1, 0.15) is 0 Å². The van der Waals surface area contributed by atoms with E-state index in [9.17, 15) is 13.2 Å². The van der Waals surface area contributed by atoms with Crippen LogP contribution in [0, 0.1) is 0 Å². The van der Waals surface area contributed by atoms with Gasteiger partial charge >= 0.3 is 16.2 Å². The second kappa shape index (κ2) is 6.08. The molecular formula is C11H13BrN2O5S. The van der Waals surface area contributed by atoms with Crippen LogP contribution in [0.4, 0.5) is 5.69 Å². The van der Waals surface area contributed by atoms with Crippen LogP contribution in [-0.4, -0.2) is 50.1 Å². The lowest BCUT2D eigenvalue weighted by Gasteiger charge is -2.26. The van der Waals surface area contributed by atoms with Crippen LogP contribution < -0.4 is 4.72 Å². The molecule has 1 aliphatic heterocycles. The Hall–Kier alpha value is -1.16. The van der Waals surface area contributed by atoms with Gasteiger partial charge < -0.3 is 9.84 Å². The second-order valence-corrected chi connectivity index (χ2v) is 6.64. The molecule has 2 N–H and O–H groups in total. The Labute approximate surface area is 124 Å². The molecule has 2 rings (SSSR count). The number of ether oxygens (including phenoxy) is 1. The molecule has 0 atom stereocenters. The highest BCUT2D eigenvalue weighted by atomic mass is 79.9. The summed E-state index contributed by atoms with van der Waals surface area (Å²) in [6.45, 7) is 1.25. The fraction of sp³-hybridized carbons (Fsp3) is 0.364. The van der Waals surface area contributed by atoms with Crippen LogP contribution in [0.2, 0.25) is 0 Å². The Morgan fingerprint density at radius 1 is 1.35 bits per heavy atom. The first-order chi connectivity index (χ1) is 9.40. The van der Waals surface area contributed by atoms with Crippen LogP contribution in [-0.2, 0) is 14.9 Å². The minimum Gasteiger partial charge on any atom is -0.478 e. The average molecular weight is 365 g/mol. The van der Waals surface area contributed by atoms with Crippen molar-refractivity contribution >= 4 is 37.8 Å². The zero-order chi connectivity index (χ0) is 14.8. The molecule has 0 bridgehead atoms. The van der Waals surface area contributed by atoms with E-state index in [0.717, 1.165) is 0 Å². The minimum atomic E-state index is -3.70. The molecule has 0 amide bonds. The third-order valence-corrected chi connectivity index (χ3v) is 4.98. The van der Waals surface area contributed by atoms with Crippen LogP contribution in [0.25, 0.3) is 0 Å². The summed E-state index contributed by atoms with van der Waals surface area (Å²) in [4.78, 5) is 11.0. The summed E-state index contributed by atoms with van der Waals surface area (Å²) < 4.78 is 33.4. The van der Waals surface area contributed by atoms with Gasteiger partial charge in [0.15, 0.2) is 0 Å². The largest absolute Gasteiger partial charge is 0.478 e. The molecular weight excluding hydrogens is 352 g/mol. The van der Waals surface area contributed by atoms with Gasteiger partial charge in [0, 0.05) is 17.6 Å². The van der Waals surface area contributed by atoms with Crippen molar-refractivity contribution in [3.63, 3.8) is 0 Å². The number of morpholine rings is 1. The maximum Gasteiger partial charge on any atom is 0.336 e. The van der Waals surface area contributed by atoms with Gasteiger partial charge in [0.2, 0.25) is 0 Å². The molecule has 0 spiro atoms. The number of halogens is 1. The number of carbonyl (C=O) groups is 1. The van der Waals surface area contributed by atoms with E-state index in [-0.39, 0.29) is 24.3 Å². The van der Waals surface area contributed by atoms with Crippen LogP contribution >= 0.6 is 15.9 Å². The average Bonchev–Trinajstić information content (AvgIpc) is 2.41. The van der Waals surface area contributed by atoms with E-state index in [1.54, 1.807) is 0 Å². The van der Waals surface area contributed by atoms with Crippen LogP contribution in [0.15, 0.2) is 22.7 Å². The molecule has 1 saturated heterocycles. The molecule has 1 aliphatic rings. The van der Waals surface area contributed by atoms with Gasteiger partial charge in [-0.2, -0.15) is 12.7 Å². The van der Waals surface area contributed by atoms with Crippen molar-refractivity contribution in [3.05, 3.63) is 28.2 Å². The highest BCUT2D eigenvalue weighted by molar-refractivity contribution is 9.10. The van der Waals surface area contributed by atoms with Gasteiger partial charge in [-0.1, -0.05) is 0 Å². The number of rotatable bonds is 4. The Morgan fingerprint density at radius 2 is 2.00 bits per heavy atom. The van der Waals surface area contributed by atoms with E-state index in [2.05, 4.69) is 20.7 Å². The second-order valence-electron chi connectivity index (χ2n) is 4.12. The summed E-state index contributed by atoms with van der Waals surface area (Å²) in [5.74, 6) is -1.13. The smallest absolute Gasteiger partial charge is 0.336 e. The summed E-state index contributed by atoms with van der Waals surface area (Å²) in [7, 11) is -3.70. The molecule has 0 aromatic heterocycles. The van der Waals surface area contributed by atoms with E-state index in [1.165, 1.54) is 22.5 Å². The summed E-state index contributed by atoms with van der Waals surface area (Å²) in [5.41, 5.74) is 0.198. The zero-order valence-electron chi connectivity index (χ0n) is 10.4. The van der Waals surface area contributed by atoms with E-state index < -0.39 is 16.2 Å². The molecule has 0 unspecified atom stereocenters. The number of carboxylic acid groups (broad SMARTS) is 1. The molecule has 0 aliphatic carbocycles. The molecule has 1 aromatic rings. The van der Waals surface area contributed by atoms with Crippen molar-refractivity contribution in [1.82, 2.24) is 4.31 Å². The molecule has 7 nitrogen and oxygen atoms in total. The van der Waals surface area contributed by atoms with Gasteiger partial charge in [-0.15, -0.1) is 0 Å². The first-order valence-corrected chi connectivity index (χ1v) is 8.02. The fourth-order valence-electron chi connectivity index (χ4n) is 1.75. The van der Waals surface area contributed by atoms with Gasteiger partial charge in [0.25, 0.3) is 0 Å². The van der Waals surface area contributed by atoms with Gasteiger partial charge in [-0.3, -0.25) is 4.72 Å². The highest BCUT2D eigenvalue weighted by Gasteiger charge is 2.24. The maximum atomic E-state index is 12.1. The number of carboxylic acids is 1. The van der Waals surface area contributed by atoms with Crippen molar-refractivity contribution in [3.8, 4) is 0 Å². The molecule has 0 radical (unpaired) electrons. The Morgan fingerprint density at radius 3 is 2.60 bits per heavy atom. The van der Waals surface area contributed by atoms with Crippen LogP contribution in [0.1, 0.15) is 10.4 Å². The topological polar surface area (TPSA) is 95.9 Å². The lowest BCUT2D eigenvalue weighted by molar-refractivity contribution is 0.0696. The summed E-state index contributed by atoms with van der Waals surface area (Å²) in [5, 5.41) is 9.00. The monoisotopic (exact) mass is 364 g/mol. The van der Waals surface area contributed by atoms with E-state index >= 15 is 0 Å². The zero-order valence-corrected chi connectivity index (χ0v) is 12.8. The lowest BCUT2D eigenvalue weighted by atomic mass is 10.2. The molecule has 9 heteroatoms. The predicted molar refractivity (Wildman–Crippen MR) is 76.0 cm³/mol. The number of anilines is 1. The Kier molecular flexibility index (Phi) is 4.63. The van der Waals surface area contributed by atoms with Crippen LogP contribution in [0.3, 0.4) is 0 Å². The Bertz CT molecular complexity index is 613. The van der Waals surface area contributed by atoms with Gasteiger partial charge in [-0.25, -0.2) is 4.79 Å². The number of benzene rings is 1. The first kappa shape index (κ1) is 15.2. The van der Waals surface area contributed by atoms with E-state index in [0.29, 0.717) is 17.7 Å². The van der Waals surface area contributed by atoms with Crippen LogP contribution in [0.5, 0.6) is 0 Å². The maximum absolute atomic E-state index is 12.1. The quantitative estimate of drug-likeness (QED) is 0.834. The standard InChI is InChI=1S/C11H13BrN2O5S/c12-10-2-1-8(7-9(10)11(15)16)13-20(17,18)14-3-5-19-6-4-14/h1-2,7,13H,3-6H2,(H,15,16). The van der Waals surface area contributed by atoms with Crippen molar-refractivity contribution in [2.75, 3.05) is 31.0 Å². The normalized spacial score (nSPS) is 16.9. The highest BCUT2D eigenvalue weighted by Crippen LogP contribution is 2.22. The SMILES string of the molecule is O=C(O)c1cc(NS(=O)(=O)N2CCOCC2)ccc1Br. The van der Waals surface area contributed by atoms with E-state index in [4.69, 9.17) is 9.84 Å². The summed E-state index contributed by atoms with van der Waals surface area (Å²) >= 11 is 3.10. The van der Waals surface area contributed by atoms with Gasteiger partial charge in [-0.05, 0) is 34.1 Å². The third kappa shape index (κ3) is 3.48. The molecule has 0 saturated carbocycles. The Balaban J connectivity index is 2.20. The predicted octanol–water partition coefficient (Wildman–Crippen LogP) is 1.14. The molecule has 20 heavy (non-hydrogen) atoms.